The third-order valence-corrected chi connectivity index (χ3v) is 3.83. The van der Waals surface area contributed by atoms with Gasteiger partial charge in [0.15, 0.2) is 0 Å². The van der Waals surface area contributed by atoms with E-state index in [1.165, 1.54) is 16.3 Å². The maximum Gasteiger partial charge on any atom is 0.133 e. The largest absolute Gasteiger partial charge is 0.496 e. The van der Waals surface area contributed by atoms with E-state index in [-0.39, 0.29) is 11.7 Å². The van der Waals surface area contributed by atoms with Crippen molar-refractivity contribution in [1.29, 1.82) is 0 Å². The van der Waals surface area contributed by atoms with Gasteiger partial charge in [-0.3, -0.25) is 4.79 Å². The Balaban J connectivity index is 2.16. The molecule has 0 amide bonds. The number of hydrogen-bond acceptors (Lipinski definition) is 2. The molecule has 0 spiro atoms. The first-order chi connectivity index (χ1) is 8.72. The predicted molar refractivity (Wildman–Crippen MR) is 72.0 cm³/mol. The number of Topliss-reactive ketones (excluding diaryl/α,β-unsaturated/α-hetero) is 1. The molecule has 3 rings (SSSR count). The smallest absolute Gasteiger partial charge is 0.133 e. The monoisotopic (exact) mass is 240 g/mol. The summed E-state index contributed by atoms with van der Waals surface area (Å²) in [6, 6.07) is 12.4. The molecule has 18 heavy (non-hydrogen) atoms. The summed E-state index contributed by atoms with van der Waals surface area (Å²) in [6.45, 7) is 1.68. The SMILES string of the molecule is COc1ccc2ccccc2c1[C@H]1C[C@@H]1C(C)=O. The molecule has 2 atom stereocenters. The lowest BCUT2D eigenvalue weighted by atomic mass is 9.98. The topological polar surface area (TPSA) is 26.3 Å². The van der Waals surface area contributed by atoms with Crippen molar-refractivity contribution >= 4 is 16.6 Å². The lowest BCUT2D eigenvalue weighted by Gasteiger charge is -2.11. The van der Waals surface area contributed by atoms with Gasteiger partial charge in [-0.05, 0) is 36.1 Å². The maximum atomic E-state index is 11.5. The van der Waals surface area contributed by atoms with Gasteiger partial charge in [0.05, 0.1) is 7.11 Å². The fourth-order valence-electron chi connectivity index (χ4n) is 2.80. The highest BCUT2D eigenvalue weighted by atomic mass is 16.5. The van der Waals surface area contributed by atoms with Crippen molar-refractivity contribution < 1.29 is 9.53 Å². The number of carbonyl (C=O) groups is 1. The molecule has 2 nitrogen and oxygen atoms in total. The van der Waals surface area contributed by atoms with Crippen molar-refractivity contribution in [2.24, 2.45) is 5.92 Å². The molecule has 2 aromatic carbocycles. The maximum absolute atomic E-state index is 11.5. The second-order valence-electron chi connectivity index (χ2n) is 4.96. The van der Waals surface area contributed by atoms with Crippen LogP contribution in [-0.4, -0.2) is 12.9 Å². The Morgan fingerprint density at radius 3 is 2.67 bits per heavy atom. The van der Waals surface area contributed by atoms with E-state index in [4.69, 9.17) is 4.74 Å². The molecule has 0 aromatic heterocycles. The average Bonchev–Trinajstić information content (AvgIpc) is 3.17. The molecule has 0 saturated heterocycles. The van der Waals surface area contributed by atoms with Crippen LogP contribution in [0.5, 0.6) is 5.75 Å². The summed E-state index contributed by atoms with van der Waals surface area (Å²) in [6.07, 6.45) is 0.958. The van der Waals surface area contributed by atoms with E-state index in [2.05, 4.69) is 18.2 Å². The fraction of sp³-hybridized carbons (Fsp3) is 0.312. The highest BCUT2D eigenvalue weighted by molar-refractivity contribution is 5.91. The Labute approximate surface area is 107 Å². The first-order valence-electron chi connectivity index (χ1n) is 6.28. The van der Waals surface area contributed by atoms with E-state index < -0.39 is 0 Å². The standard InChI is InChI=1S/C16H16O2/c1-10(17)13-9-14(13)16-12-6-4-3-5-11(12)7-8-15(16)18-2/h3-8,13-14H,9H2,1-2H3/t13-,14+/m1/s1. The zero-order valence-corrected chi connectivity index (χ0v) is 10.6. The number of ketones is 1. The molecule has 1 aliphatic rings. The van der Waals surface area contributed by atoms with Crippen LogP contribution in [0, 0.1) is 5.92 Å². The van der Waals surface area contributed by atoms with Gasteiger partial charge in [-0.2, -0.15) is 0 Å². The zero-order valence-electron chi connectivity index (χ0n) is 10.6. The summed E-state index contributed by atoms with van der Waals surface area (Å²) in [7, 11) is 1.69. The van der Waals surface area contributed by atoms with E-state index in [0.717, 1.165) is 12.2 Å². The Morgan fingerprint density at radius 2 is 2.00 bits per heavy atom. The van der Waals surface area contributed by atoms with Gasteiger partial charge >= 0.3 is 0 Å². The molecule has 0 aliphatic heterocycles. The van der Waals surface area contributed by atoms with Gasteiger partial charge in [0.25, 0.3) is 0 Å². The minimum Gasteiger partial charge on any atom is -0.496 e. The molecule has 92 valence electrons. The van der Waals surface area contributed by atoms with Crippen molar-refractivity contribution in [3.63, 3.8) is 0 Å². The summed E-state index contributed by atoms with van der Waals surface area (Å²) in [5.74, 6) is 1.71. The van der Waals surface area contributed by atoms with E-state index in [0.29, 0.717) is 5.92 Å². The second kappa shape index (κ2) is 4.13. The van der Waals surface area contributed by atoms with E-state index >= 15 is 0 Å². The minimum absolute atomic E-state index is 0.185. The average molecular weight is 240 g/mol. The molecule has 2 aromatic rings. The van der Waals surface area contributed by atoms with Crippen LogP contribution in [0.2, 0.25) is 0 Å². The van der Waals surface area contributed by atoms with Gasteiger partial charge in [0, 0.05) is 11.5 Å². The Kier molecular flexibility index (Phi) is 2.58. The van der Waals surface area contributed by atoms with Gasteiger partial charge in [0.1, 0.15) is 11.5 Å². The van der Waals surface area contributed by atoms with Crippen molar-refractivity contribution in [1.82, 2.24) is 0 Å². The quantitative estimate of drug-likeness (QED) is 0.820. The summed E-state index contributed by atoms with van der Waals surface area (Å²) in [5.41, 5.74) is 1.20. The molecular formula is C16H16O2. The number of methoxy groups -OCH3 is 1. The van der Waals surface area contributed by atoms with Gasteiger partial charge in [-0.25, -0.2) is 0 Å². The van der Waals surface area contributed by atoms with E-state index in [1.54, 1.807) is 14.0 Å². The van der Waals surface area contributed by atoms with Crippen LogP contribution in [0.4, 0.5) is 0 Å². The first kappa shape index (κ1) is 11.3. The minimum atomic E-state index is 0.185. The zero-order chi connectivity index (χ0) is 12.7. The third-order valence-electron chi connectivity index (χ3n) is 3.83. The summed E-state index contributed by atoms with van der Waals surface area (Å²) in [5, 5.41) is 2.42. The highest BCUT2D eigenvalue weighted by Gasteiger charge is 2.43. The molecule has 0 unspecified atom stereocenters. The number of fused-ring (bicyclic) bond motifs is 1. The Morgan fingerprint density at radius 1 is 1.22 bits per heavy atom. The molecule has 1 saturated carbocycles. The van der Waals surface area contributed by atoms with Crippen LogP contribution in [0.1, 0.15) is 24.8 Å². The Bertz CT molecular complexity index is 616. The molecule has 2 heteroatoms. The van der Waals surface area contributed by atoms with Crippen LogP contribution in [0.15, 0.2) is 36.4 Å². The number of carbonyl (C=O) groups excluding carboxylic acids is 1. The van der Waals surface area contributed by atoms with Crippen LogP contribution >= 0.6 is 0 Å². The lowest BCUT2D eigenvalue weighted by molar-refractivity contribution is -0.118. The molecule has 0 N–H and O–H groups in total. The van der Waals surface area contributed by atoms with Crippen LogP contribution in [-0.2, 0) is 4.79 Å². The Hall–Kier alpha value is -1.83. The highest BCUT2D eigenvalue weighted by Crippen LogP contribution is 2.52. The lowest BCUT2D eigenvalue weighted by Crippen LogP contribution is -1.98. The fourth-order valence-corrected chi connectivity index (χ4v) is 2.80. The molecular weight excluding hydrogens is 224 g/mol. The van der Waals surface area contributed by atoms with E-state index in [9.17, 15) is 4.79 Å². The summed E-state index contributed by atoms with van der Waals surface area (Å²) < 4.78 is 5.47. The van der Waals surface area contributed by atoms with Gasteiger partial charge in [-0.15, -0.1) is 0 Å². The van der Waals surface area contributed by atoms with Crippen molar-refractivity contribution in [3.05, 3.63) is 42.0 Å². The first-order valence-corrected chi connectivity index (χ1v) is 6.28. The van der Waals surface area contributed by atoms with E-state index in [1.807, 2.05) is 18.2 Å². The second-order valence-corrected chi connectivity index (χ2v) is 4.96. The van der Waals surface area contributed by atoms with Crippen LogP contribution in [0.25, 0.3) is 10.8 Å². The number of hydrogen-bond donors (Lipinski definition) is 0. The van der Waals surface area contributed by atoms with Crippen molar-refractivity contribution in [3.8, 4) is 5.75 Å². The molecule has 0 radical (unpaired) electrons. The van der Waals surface area contributed by atoms with Gasteiger partial charge in [0.2, 0.25) is 0 Å². The number of ether oxygens (including phenoxy) is 1. The van der Waals surface area contributed by atoms with Crippen LogP contribution in [0.3, 0.4) is 0 Å². The van der Waals surface area contributed by atoms with Crippen molar-refractivity contribution in [2.45, 2.75) is 19.3 Å². The normalized spacial score (nSPS) is 21.9. The van der Waals surface area contributed by atoms with Crippen LogP contribution < -0.4 is 4.74 Å². The predicted octanol–water partition coefficient (Wildman–Crippen LogP) is 3.54. The molecule has 1 aliphatic carbocycles. The summed E-state index contributed by atoms with van der Waals surface area (Å²) in [4.78, 5) is 11.5. The number of rotatable bonds is 3. The number of benzene rings is 2. The third kappa shape index (κ3) is 1.69. The molecule has 0 bridgehead atoms. The van der Waals surface area contributed by atoms with Gasteiger partial charge < -0.3 is 4.74 Å². The van der Waals surface area contributed by atoms with Crippen molar-refractivity contribution in [2.75, 3.05) is 7.11 Å². The summed E-state index contributed by atoms with van der Waals surface area (Å²) >= 11 is 0. The molecule has 0 heterocycles. The molecule has 1 fully saturated rings. The van der Waals surface area contributed by atoms with Gasteiger partial charge in [-0.1, -0.05) is 30.3 Å².